The molecule has 0 saturated heterocycles. The molecule has 0 aliphatic rings. The van der Waals surface area contributed by atoms with Crippen molar-refractivity contribution in [1.29, 1.82) is 0 Å². The van der Waals surface area contributed by atoms with Crippen LogP contribution in [0.4, 0.5) is 0 Å². The van der Waals surface area contributed by atoms with Crippen molar-refractivity contribution in [2.45, 2.75) is 0 Å². The standard InChI is InChI=1S/C8H7.2HI.In/c1-2-8-6-4-3-5-7-8;;;/h1-7H;2*1H;/p-2. The third-order valence-corrected chi connectivity index (χ3v) is 0.992. The van der Waals surface area contributed by atoms with Gasteiger partial charge in [-0.1, -0.05) is 43.0 Å². The fourth-order valence-electron chi connectivity index (χ4n) is 0.564. The van der Waals surface area contributed by atoms with Gasteiger partial charge in [0.2, 0.25) is 0 Å². The summed E-state index contributed by atoms with van der Waals surface area (Å²) in [6, 6.07) is 9.80. The van der Waals surface area contributed by atoms with Crippen molar-refractivity contribution in [2.75, 3.05) is 0 Å². The van der Waals surface area contributed by atoms with Gasteiger partial charge < -0.3 is 48.0 Å². The van der Waals surface area contributed by atoms with Crippen LogP contribution in [0.5, 0.6) is 0 Å². The zero-order valence-corrected chi connectivity index (χ0v) is 13.5. The summed E-state index contributed by atoms with van der Waals surface area (Å²) in [6.07, 6.45) is 1.58. The van der Waals surface area contributed by atoms with Crippen molar-refractivity contribution in [3.8, 4) is 0 Å². The van der Waals surface area contributed by atoms with E-state index in [9.17, 15) is 0 Å². The first-order valence-corrected chi connectivity index (χ1v) is 2.53. The average Bonchev–Trinajstić information content (AvgIpc) is 1.90. The number of halogens is 2. The maximum Gasteiger partial charge on any atom is 0 e. The smallest absolute Gasteiger partial charge is 0 e. The van der Waals surface area contributed by atoms with Crippen LogP contribution in [0.3, 0.4) is 0 Å². The van der Waals surface area contributed by atoms with Gasteiger partial charge in [-0.3, -0.25) is 0 Å². The van der Waals surface area contributed by atoms with Gasteiger partial charge >= 0.3 is 0 Å². The zero-order valence-electron chi connectivity index (χ0n) is 5.87. The van der Waals surface area contributed by atoms with Crippen LogP contribution >= 0.6 is 0 Å². The van der Waals surface area contributed by atoms with E-state index in [-0.39, 0.29) is 73.8 Å². The molecule has 1 aromatic rings. The SMILES string of the molecule is [CH]=Cc1ccccc1.[I-].[I-].[In]. The molecule has 0 N–H and O–H groups in total. The van der Waals surface area contributed by atoms with Crippen molar-refractivity contribution in [3.05, 3.63) is 42.5 Å². The monoisotopic (exact) mass is 472 g/mol. The summed E-state index contributed by atoms with van der Waals surface area (Å²) in [7, 11) is 0. The third kappa shape index (κ3) is 7.64. The molecule has 0 aromatic heterocycles. The molecule has 58 valence electrons. The Morgan fingerprint density at radius 2 is 1.45 bits per heavy atom. The number of hydrogen-bond donors (Lipinski definition) is 0. The van der Waals surface area contributed by atoms with Crippen LogP contribution in [-0.2, 0) is 0 Å². The van der Waals surface area contributed by atoms with Crippen LogP contribution < -0.4 is 48.0 Å². The van der Waals surface area contributed by atoms with Crippen molar-refractivity contribution in [3.63, 3.8) is 0 Å². The molecule has 0 atom stereocenters. The quantitative estimate of drug-likeness (QED) is 0.364. The first kappa shape index (κ1) is 18.2. The molecule has 0 unspecified atom stereocenters. The van der Waals surface area contributed by atoms with Gasteiger partial charge in [0, 0.05) is 25.8 Å². The zero-order chi connectivity index (χ0) is 5.82. The molecule has 0 fully saturated rings. The van der Waals surface area contributed by atoms with Crippen LogP contribution in [-0.4, -0.2) is 25.8 Å². The number of benzene rings is 1. The maximum atomic E-state index is 5.22. The molecule has 4 radical (unpaired) electrons. The molecule has 0 amide bonds. The van der Waals surface area contributed by atoms with Gasteiger partial charge in [0.05, 0.1) is 0 Å². The second kappa shape index (κ2) is 11.3. The Balaban J connectivity index is -0.000000213. The Morgan fingerprint density at radius 3 is 1.73 bits per heavy atom. The number of rotatable bonds is 1. The van der Waals surface area contributed by atoms with Crippen molar-refractivity contribution >= 4 is 31.9 Å². The molecule has 0 bridgehead atoms. The van der Waals surface area contributed by atoms with Crippen molar-refractivity contribution in [1.82, 2.24) is 0 Å². The predicted octanol–water partition coefficient (Wildman–Crippen LogP) is -4.24. The first-order chi connectivity index (χ1) is 3.93. The molecule has 11 heavy (non-hydrogen) atoms. The minimum absolute atomic E-state index is 0. The van der Waals surface area contributed by atoms with Crippen LogP contribution in [0, 0.1) is 6.58 Å². The summed E-state index contributed by atoms with van der Waals surface area (Å²) in [5.41, 5.74) is 1.06. The molecular formula is C8H7I2In-2. The second-order valence-electron chi connectivity index (χ2n) is 1.58. The molecule has 1 rings (SSSR count). The van der Waals surface area contributed by atoms with Gasteiger partial charge in [0.1, 0.15) is 0 Å². The summed E-state index contributed by atoms with van der Waals surface area (Å²) in [6.45, 7) is 5.22. The van der Waals surface area contributed by atoms with E-state index in [0.717, 1.165) is 5.56 Å². The van der Waals surface area contributed by atoms with Gasteiger partial charge in [-0.2, -0.15) is 0 Å². The number of hydrogen-bond acceptors (Lipinski definition) is 0. The summed E-state index contributed by atoms with van der Waals surface area (Å²) < 4.78 is 0. The normalized spacial score (nSPS) is 6.18. The largest absolute Gasteiger partial charge is 1.00 e. The van der Waals surface area contributed by atoms with Crippen molar-refractivity contribution in [2.24, 2.45) is 0 Å². The third-order valence-electron chi connectivity index (χ3n) is 0.992. The predicted molar refractivity (Wildman–Crippen MR) is 41.0 cm³/mol. The van der Waals surface area contributed by atoms with E-state index >= 15 is 0 Å². The van der Waals surface area contributed by atoms with E-state index in [1.165, 1.54) is 0 Å². The van der Waals surface area contributed by atoms with E-state index in [4.69, 9.17) is 6.58 Å². The summed E-state index contributed by atoms with van der Waals surface area (Å²) in [4.78, 5) is 0. The van der Waals surface area contributed by atoms with Crippen LogP contribution in [0.1, 0.15) is 5.56 Å². The summed E-state index contributed by atoms with van der Waals surface area (Å²) in [5.74, 6) is 0. The molecule has 0 spiro atoms. The maximum absolute atomic E-state index is 5.22. The molecule has 0 aliphatic heterocycles. The van der Waals surface area contributed by atoms with Crippen LogP contribution in [0.2, 0.25) is 0 Å². The van der Waals surface area contributed by atoms with Gasteiger partial charge in [-0.15, -0.1) is 0 Å². The van der Waals surface area contributed by atoms with Crippen LogP contribution in [0.25, 0.3) is 6.08 Å². The van der Waals surface area contributed by atoms with E-state index < -0.39 is 0 Å². The van der Waals surface area contributed by atoms with Gasteiger partial charge in [0.25, 0.3) is 0 Å². The van der Waals surface area contributed by atoms with Gasteiger partial charge in [0.15, 0.2) is 0 Å². The minimum Gasteiger partial charge on any atom is -1.00 e. The van der Waals surface area contributed by atoms with Gasteiger partial charge in [-0.05, 0) is 5.56 Å². The Bertz CT molecular complexity index is 175. The molecule has 0 nitrogen and oxygen atoms in total. The average molecular weight is 472 g/mol. The molecule has 0 heterocycles. The fraction of sp³-hybridized carbons (Fsp3) is 0. The van der Waals surface area contributed by atoms with E-state index in [1.807, 2.05) is 30.3 Å². The Hall–Kier alpha value is 1.29. The molecule has 0 aliphatic carbocycles. The Morgan fingerprint density at radius 1 is 1.00 bits per heavy atom. The van der Waals surface area contributed by atoms with E-state index in [1.54, 1.807) is 6.08 Å². The van der Waals surface area contributed by atoms with Crippen LogP contribution in [0.15, 0.2) is 30.3 Å². The molecule has 0 saturated carbocycles. The summed E-state index contributed by atoms with van der Waals surface area (Å²) in [5, 5.41) is 0. The van der Waals surface area contributed by atoms with Gasteiger partial charge in [-0.25, -0.2) is 0 Å². The fourth-order valence-corrected chi connectivity index (χ4v) is 0.564. The minimum atomic E-state index is 0. The first-order valence-electron chi connectivity index (χ1n) is 2.53. The Labute approximate surface area is 121 Å². The molecule has 1 aromatic carbocycles. The molecular weight excluding hydrogens is 465 g/mol. The second-order valence-corrected chi connectivity index (χ2v) is 1.58. The summed E-state index contributed by atoms with van der Waals surface area (Å²) >= 11 is 0. The topological polar surface area (TPSA) is 0 Å². The Kier molecular flexibility index (Phi) is 18.6. The van der Waals surface area contributed by atoms with Crippen molar-refractivity contribution < 1.29 is 48.0 Å². The molecule has 3 heteroatoms. The van der Waals surface area contributed by atoms with E-state index in [2.05, 4.69) is 0 Å². The van der Waals surface area contributed by atoms with E-state index in [0.29, 0.717) is 0 Å².